The fraction of sp³-hybridized carbons (Fsp3) is 0.400. The van der Waals surface area contributed by atoms with Crippen molar-refractivity contribution in [2.75, 3.05) is 24.5 Å². The highest BCUT2D eigenvalue weighted by atomic mass is 16.2. The molecule has 0 saturated carbocycles. The first-order chi connectivity index (χ1) is 16.9. The predicted octanol–water partition coefficient (Wildman–Crippen LogP) is 2.62. The summed E-state index contributed by atoms with van der Waals surface area (Å²) in [6.45, 7) is 6.93. The summed E-state index contributed by atoms with van der Waals surface area (Å²) in [5.41, 5.74) is 3.96. The van der Waals surface area contributed by atoms with Crippen molar-refractivity contribution in [3.05, 3.63) is 70.2 Å². The Morgan fingerprint density at radius 3 is 2.80 bits per heavy atom. The lowest BCUT2D eigenvalue weighted by molar-refractivity contribution is 0.0684. The van der Waals surface area contributed by atoms with Gasteiger partial charge in [0.05, 0.1) is 11.7 Å². The van der Waals surface area contributed by atoms with Gasteiger partial charge in [0.25, 0.3) is 5.91 Å². The van der Waals surface area contributed by atoms with Gasteiger partial charge in [-0.25, -0.2) is 14.8 Å². The molecule has 10 heteroatoms. The first kappa shape index (κ1) is 21.6. The molecular weight excluding hydrogens is 444 g/mol. The molecule has 0 bridgehead atoms. The second kappa shape index (κ2) is 8.07. The number of aromatic amines is 2. The number of piperidine rings is 1. The van der Waals surface area contributed by atoms with Crippen LogP contribution < -0.4 is 10.6 Å². The summed E-state index contributed by atoms with van der Waals surface area (Å²) < 4.78 is 1.83. The van der Waals surface area contributed by atoms with E-state index in [1.165, 1.54) is 0 Å². The van der Waals surface area contributed by atoms with E-state index in [1.807, 2.05) is 33.9 Å². The molecule has 6 rings (SSSR count). The third-order valence-corrected chi connectivity index (χ3v) is 7.27. The normalized spacial score (nSPS) is 18.1. The zero-order chi connectivity index (χ0) is 24.2. The van der Waals surface area contributed by atoms with Crippen molar-refractivity contribution in [3.63, 3.8) is 0 Å². The highest BCUT2D eigenvalue weighted by Gasteiger charge is 2.36. The number of pyridine rings is 2. The van der Waals surface area contributed by atoms with Crippen LogP contribution in [-0.4, -0.2) is 60.2 Å². The van der Waals surface area contributed by atoms with Crippen molar-refractivity contribution in [2.24, 2.45) is 0 Å². The van der Waals surface area contributed by atoms with Gasteiger partial charge in [-0.3, -0.25) is 19.4 Å². The van der Waals surface area contributed by atoms with E-state index in [1.54, 1.807) is 18.5 Å². The lowest BCUT2D eigenvalue weighted by Crippen LogP contribution is -2.45. The van der Waals surface area contributed by atoms with Gasteiger partial charge >= 0.3 is 5.69 Å². The summed E-state index contributed by atoms with van der Waals surface area (Å²) in [6, 6.07) is 7.56. The number of carbonyl (C=O) groups excluding carboxylic acids is 1. The first-order valence-corrected chi connectivity index (χ1v) is 12.0. The SMILES string of the molecule is CC1(C)CN(C(=O)c2ccnc(N3CCC(n4c(=O)[nH]c5ncccc54)CC3)c2)Cc2cn[nH]c21. The number of aromatic nitrogens is 6. The van der Waals surface area contributed by atoms with Crippen LogP contribution in [0, 0.1) is 0 Å². The van der Waals surface area contributed by atoms with E-state index in [2.05, 4.69) is 43.9 Å². The van der Waals surface area contributed by atoms with Gasteiger partial charge in [0.15, 0.2) is 5.65 Å². The molecule has 6 heterocycles. The Hall–Kier alpha value is -3.95. The number of hydrogen-bond acceptors (Lipinski definition) is 6. The van der Waals surface area contributed by atoms with Crippen LogP contribution in [0.4, 0.5) is 5.82 Å². The summed E-state index contributed by atoms with van der Waals surface area (Å²) in [4.78, 5) is 41.7. The number of carbonyl (C=O) groups is 1. The van der Waals surface area contributed by atoms with E-state index in [9.17, 15) is 9.59 Å². The molecule has 4 aromatic rings. The molecule has 2 N–H and O–H groups in total. The second-order valence-electron chi connectivity index (χ2n) is 10.1. The van der Waals surface area contributed by atoms with E-state index in [4.69, 9.17) is 0 Å². The summed E-state index contributed by atoms with van der Waals surface area (Å²) in [5, 5.41) is 7.28. The summed E-state index contributed by atoms with van der Waals surface area (Å²) in [6.07, 6.45) is 6.83. The number of rotatable bonds is 3. The summed E-state index contributed by atoms with van der Waals surface area (Å²) in [7, 11) is 0. The molecule has 1 amide bonds. The molecular formula is C25H28N8O2. The molecule has 0 atom stereocenters. The summed E-state index contributed by atoms with van der Waals surface area (Å²) in [5.74, 6) is 0.795. The molecule has 0 spiro atoms. The van der Waals surface area contributed by atoms with E-state index in [0.29, 0.717) is 24.3 Å². The van der Waals surface area contributed by atoms with Gasteiger partial charge in [-0.05, 0) is 37.1 Å². The standard InChI is InChI=1S/C25H28N8O2/c1-25(2)15-32(14-17-13-28-30-21(17)25)23(34)16-5-9-26-20(12-16)31-10-6-18(7-11-31)33-19-4-3-8-27-22(19)29-24(33)35/h3-5,8-9,12-13,18H,6-7,10-11,14-15H2,1-2H3,(H,28,30)(H,27,29,35). The Kier molecular flexibility index (Phi) is 4.98. The zero-order valence-corrected chi connectivity index (χ0v) is 19.9. The number of H-pyrrole nitrogens is 2. The Bertz CT molecular complexity index is 1460. The van der Waals surface area contributed by atoms with Crippen molar-refractivity contribution < 1.29 is 4.79 Å². The van der Waals surface area contributed by atoms with Crippen LogP contribution in [0.15, 0.2) is 47.7 Å². The molecule has 0 aliphatic carbocycles. The molecule has 2 aliphatic rings. The fourth-order valence-corrected chi connectivity index (χ4v) is 5.56. The Labute approximate surface area is 202 Å². The molecule has 0 unspecified atom stereocenters. The minimum absolute atomic E-state index is 0.00121. The van der Waals surface area contributed by atoms with Gasteiger partial charge in [0.1, 0.15) is 5.82 Å². The average Bonchev–Trinajstić information content (AvgIpc) is 3.48. The van der Waals surface area contributed by atoms with E-state index in [-0.39, 0.29) is 23.1 Å². The highest BCUT2D eigenvalue weighted by Crippen LogP contribution is 2.33. The molecule has 180 valence electrons. The Morgan fingerprint density at radius 2 is 1.97 bits per heavy atom. The molecule has 2 aliphatic heterocycles. The quantitative estimate of drug-likeness (QED) is 0.474. The van der Waals surface area contributed by atoms with Crippen molar-refractivity contribution >= 4 is 22.9 Å². The van der Waals surface area contributed by atoms with Gasteiger partial charge in [-0.1, -0.05) is 13.8 Å². The number of imidazole rings is 1. The molecule has 35 heavy (non-hydrogen) atoms. The van der Waals surface area contributed by atoms with Crippen LogP contribution in [0.25, 0.3) is 11.2 Å². The number of hydrogen-bond donors (Lipinski definition) is 2. The van der Waals surface area contributed by atoms with E-state index >= 15 is 0 Å². The van der Waals surface area contributed by atoms with Crippen LogP contribution in [0.1, 0.15) is 54.3 Å². The second-order valence-corrected chi connectivity index (χ2v) is 10.1. The van der Waals surface area contributed by atoms with Gasteiger partial charge in [0.2, 0.25) is 0 Å². The van der Waals surface area contributed by atoms with Crippen LogP contribution >= 0.6 is 0 Å². The third kappa shape index (κ3) is 3.69. The fourth-order valence-electron chi connectivity index (χ4n) is 5.56. The number of fused-ring (bicyclic) bond motifs is 2. The molecule has 1 fully saturated rings. The van der Waals surface area contributed by atoms with Gasteiger partial charge in [0, 0.05) is 66.9 Å². The Balaban J connectivity index is 1.18. The van der Waals surface area contributed by atoms with Gasteiger partial charge in [-0.2, -0.15) is 5.10 Å². The maximum Gasteiger partial charge on any atom is 0.327 e. The monoisotopic (exact) mass is 472 g/mol. The Morgan fingerprint density at radius 1 is 1.14 bits per heavy atom. The number of nitrogens with zero attached hydrogens (tertiary/aromatic N) is 6. The van der Waals surface area contributed by atoms with Crippen LogP contribution in [0.3, 0.4) is 0 Å². The number of nitrogens with one attached hydrogen (secondary N) is 2. The van der Waals surface area contributed by atoms with Crippen LogP contribution in [0.2, 0.25) is 0 Å². The van der Waals surface area contributed by atoms with Gasteiger partial charge in [-0.15, -0.1) is 0 Å². The molecule has 10 nitrogen and oxygen atoms in total. The minimum atomic E-state index is -0.187. The third-order valence-electron chi connectivity index (χ3n) is 7.27. The van der Waals surface area contributed by atoms with E-state index in [0.717, 1.165) is 48.5 Å². The topological polar surface area (TPSA) is 116 Å². The van der Waals surface area contributed by atoms with Crippen LogP contribution in [0.5, 0.6) is 0 Å². The van der Waals surface area contributed by atoms with Crippen molar-refractivity contribution in [2.45, 2.75) is 44.7 Å². The average molecular weight is 473 g/mol. The van der Waals surface area contributed by atoms with Crippen molar-refractivity contribution in [3.8, 4) is 0 Å². The maximum absolute atomic E-state index is 13.4. The number of anilines is 1. The molecule has 0 radical (unpaired) electrons. The van der Waals surface area contributed by atoms with Gasteiger partial charge < -0.3 is 9.80 Å². The lowest BCUT2D eigenvalue weighted by atomic mass is 9.83. The zero-order valence-electron chi connectivity index (χ0n) is 19.9. The molecule has 1 saturated heterocycles. The van der Waals surface area contributed by atoms with Crippen LogP contribution in [-0.2, 0) is 12.0 Å². The first-order valence-electron chi connectivity index (χ1n) is 12.0. The highest BCUT2D eigenvalue weighted by molar-refractivity contribution is 5.95. The molecule has 4 aromatic heterocycles. The summed E-state index contributed by atoms with van der Waals surface area (Å²) >= 11 is 0. The van der Waals surface area contributed by atoms with Crippen molar-refractivity contribution in [1.82, 2.24) is 34.6 Å². The lowest BCUT2D eigenvalue weighted by Gasteiger charge is -2.37. The smallest absolute Gasteiger partial charge is 0.327 e. The van der Waals surface area contributed by atoms with Crippen molar-refractivity contribution in [1.29, 1.82) is 0 Å². The minimum Gasteiger partial charge on any atom is -0.356 e. The largest absolute Gasteiger partial charge is 0.356 e. The molecule has 0 aromatic carbocycles. The number of amides is 1. The predicted molar refractivity (Wildman–Crippen MR) is 131 cm³/mol. The maximum atomic E-state index is 13.4. The van der Waals surface area contributed by atoms with E-state index < -0.39 is 0 Å².